The first-order chi connectivity index (χ1) is 12.1. The third kappa shape index (κ3) is 3.89. The SMILES string of the molecule is CC1(C)OC(=O)C(=Cc2ccc(-c3cc(Cl)cc(Cl)c3)cc2F)C(=O)O1. The van der Waals surface area contributed by atoms with Gasteiger partial charge in [0.1, 0.15) is 11.4 Å². The van der Waals surface area contributed by atoms with Gasteiger partial charge in [-0.15, -0.1) is 0 Å². The Labute approximate surface area is 159 Å². The first-order valence-electron chi connectivity index (χ1n) is 7.59. The lowest BCUT2D eigenvalue weighted by Crippen LogP contribution is -2.41. The van der Waals surface area contributed by atoms with Crippen molar-refractivity contribution >= 4 is 41.2 Å². The van der Waals surface area contributed by atoms with Crippen LogP contribution in [-0.2, 0) is 19.1 Å². The van der Waals surface area contributed by atoms with Crippen molar-refractivity contribution < 1.29 is 23.5 Å². The summed E-state index contributed by atoms with van der Waals surface area (Å²) < 4.78 is 24.5. The second-order valence-corrected chi connectivity index (χ2v) is 7.00. The molecule has 0 atom stereocenters. The van der Waals surface area contributed by atoms with Crippen molar-refractivity contribution in [3.05, 3.63) is 63.4 Å². The van der Waals surface area contributed by atoms with Gasteiger partial charge in [0, 0.05) is 29.5 Å². The van der Waals surface area contributed by atoms with Gasteiger partial charge in [0.25, 0.3) is 5.79 Å². The lowest BCUT2D eigenvalue weighted by molar-refractivity contribution is -0.222. The lowest BCUT2D eigenvalue weighted by Gasteiger charge is -2.29. The zero-order valence-corrected chi connectivity index (χ0v) is 15.3. The molecule has 0 radical (unpaired) electrons. The molecule has 0 unspecified atom stereocenters. The molecule has 0 bridgehead atoms. The van der Waals surface area contributed by atoms with E-state index >= 15 is 0 Å². The molecule has 1 saturated heterocycles. The summed E-state index contributed by atoms with van der Waals surface area (Å²) >= 11 is 11.9. The van der Waals surface area contributed by atoms with E-state index in [4.69, 9.17) is 32.7 Å². The largest absolute Gasteiger partial charge is 0.419 e. The molecule has 3 rings (SSSR count). The molecule has 134 valence electrons. The zero-order valence-electron chi connectivity index (χ0n) is 13.8. The van der Waals surface area contributed by atoms with Gasteiger partial charge in [0.15, 0.2) is 0 Å². The summed E-state index contributed by atoms with van der Waals surface area (Å²) in [6.07, 6.45) is 1.10. The maximum Gasteiger partial charge on any atom is 0.348 e. The van der Waals surface area contributed by atoms with Crippen molar-refractivity contribution in [1.82, 2.24) is 0 Å². The van der Waals surface area contributed by atoms with Crippen LogP contribution in [0, 0.1) is 5.82 Å². The lowest BCUT2D eigenvalue weighted by atomic mass is 10.0. The van der Waals surface area contributed by atoms with Gasteiger partial charge >= 0.3 is 11.9 Å². The third-order valence-corrected chi connectivity index (χ3v) is 4.05. The minimum absolute atomic E-state index is 0.0467. The van der Waals surface area contributed by atoms with Crippen molar-refractivity contribution in [2.45, 2.75) is 19.6 Å². The molecule has 1 heterocycles. The highest BCUT2D eigenvalue weighted by atomic mass is 35.5. The van der Waals surface area contributed by atoms with Crippen molar-refractivity contribution in [2.75, 3.05) is 0 Å². The Bertz CT molecular complexity index is 908. The van der Waals surface area contributed by atoms with Crippen LogP contribution in [0.4, 0.5) is 4.39 Å². The minimum atomic E-state index is -1.35. The molecule has 2 aromatic rings. The number of halogens is 3. The van der Waals surface area contributed by atoms with Gasteiger partial charge in [0.2, 0.25) is 0 Å². The van der Waals surface area contributed by atoms with Crippen molar-refractivity contribution in [3.8, 4) is 11.1 Å². The Kier molecular flexibility index (Phi) is 4.78. The second kappa shape index (κ2) is 6.74. The fourth-order valence-corrected chi connectivity index (χ4v) is 3.00. The predicted octanol–water partition coefficient (Wildman–Crippen LogP) is 5.02. The number of ether oxygens (including phenoxy) is 2. The van der Waals surface area contributed by atoms with Crippen LogP contribution in [0.5, 0.6) is 0 Å². The first kappa shape index (κ1) is 18.4. The Morgan fingerprint density at radius 1 is 0.923 bits per heavy atom. The Morgan fingerprint density at radius 2 is 1.50 bits per heavy atom. The van der Waals surface area contributed by atoms with E-state index in [9.17, 15) is 14.0 Å². The van der Waals surface area contributed by atoms with Gasteiger partial charge in [-0.05, 0) is 41.5 Å². The molecule has 0 aliphatic carbocycles. The van der Waals surface area contributed by atoms with E-state index in [0.717, 1.165) is 6.08 Å². The van der Waals surface area contributed by atoms with E-state index < -0.39 is 23.5 Å². The van der Waals surface area contributed by atoms with Crippen LogP contribution in [0.25, 0.3) is 17.2 Å². The molecular formula is C19H13Cl2FO4. The maximum atomic E-state index is 14.5. The topological polar surface area (TPSA) is 52.6 Å². The van der Waals surface area contributed by atoms with Crippen LogP contribution in [0.2, 0.25) is 10.0 Å². The summed E-state index contributed by atoms with van der Waals surface area (Å²) in [6.45, 7) is 2.87. The highest BCUT2D eigenvalue weighted by Gasteiger charge is 2.38. The Hall–Kier alpha value is -2.37. The average molecular weight is 395 g/mol. The van der Waals surface area contributed by atoms with Gasteiger partial charge in [-0.2, -0.15) is 0 Å². The number of hydrogen-bond acceptors (Lipinski definition) is 4. The predicted molar refractivity (Wildman–Crippen MR) is 96.1 cm³/mol. The molecule has 1 fully saturated rings. The average Bonchev–Trinajstić information content (AvgIpc) is 2.50. The molecule has 1 aliphatic rings. The summed E-state index contributed by atoms with van der Waals surface area (Å²) in [5.74, 6) is -3.70. The van der Waals surface area contributed by atoms with E-state index in [1.165, 1.54) is 26.0 Å². The van der Waals surface area contributed by atoms with Crippen molar-refractivity contribution in [3.63, 3.8) is 0 Å². The van der Waals surface area contributed by atoms with Gasteiger partial charge in [-0.3, -0.25) is 0 Å². The molecule has 0 aromatic heterocycles. The summed E-state index contributed by atoms with van der Waals surface area (Å²) in [4.78, 5) is 23.9. The molecule has 0 amide bonds. The number of carbonyl (C=O) groups excluding carboxylic acids is 2. The standard InChI is InChI=1S/C19H13Cl2FO4/c1-19(2)25-17(23)15(18(24)26-19)7-11-4-3-10(8-16(11)22)12-5-13(20)9-14(21)6-12/h3-9H,1-2H3. The summed E-state index contributed by atoms with van der Waals surface area (Å²) in [6, 6.07) is 9.20. The molecule has 0 spiro atoms. The van der Waals surface area contributed by atoms with Crippen LogP contribution in [0.3, 0.4) is 0 Å². The Balaban J connectivity index is 1.96. The fourth-order valence-electron chi connectivity index (χ4n) is 2.48. The van der Waals surface area contributed by atoms with Crippen molar-refractivity contribution in [2.24, 2.45) is 0 Å². The molecule has 4 nitrogen and oxygen atoms in total. The van der Waals surface area contributed by atoms with Gasteiger partial charge in [-0.25, -0.2) is 14.0 Å². The highest BCUT2D eigenvalue weighted by Crippen LogP contribution is 2.30. The number of hydrogen-bond donors (Lipinski definition) is 0. The van der Waals surface area contributed by atoms with Crippen LogP contribution in [0.1, 0.15) is 19.4 Å². The molecule has 0 N–H and O–H groups in total. The summed E-state index contributed by atoms with van der Waals surface area (Å²) in [5, 5.41) is 0.851. The molecular weight excluding hydrogens is 382 g/mol. The minimum Gasteiger partial charge on any atom is -0.419 e. The van der Waals surface area contributed by atoms with Crippen LogP contribution < -0.4 is 0 Å². The van der Waals surface area contributed by atoms with Crippen molar-refractivity contribution in [1.29, 1.82) is 0 Å². The van der Waals surface area contributed by atoms with Gasteiger partial charge in [-0.1, -0.05) is 35.3 Å². The van der Waals surface area contributed by atoms with E-state index in [1.54, 1.807) is 24.3 Å². The monoisotopic (exact) mass is 394 g/mol. The van der Waals surface area contributed by atoms with Crippen LogP contribution in [-0.4, -0.2) is 17.7 Å². The van der Waals surface area contributed by atoms with E-state index in [2.05, 4.69) is 0 Å². The molecule has 0 saturated carbocycles. The second-order valence-electron chi connectivity index (χ2n) is 6.13. The quantitative estimate of drug-likeness (QED) is 0.407. The number of benzene rings is 2. The van der Waals surface area contributed by atoms with Crippen LogP contribution >= 0.6 is 23.2 Å². The Morgan fingerprint density at radius 3 is 2.04 bits per heavy atom. The smallest absolute Gasteiger partial charge is 0.348 e. The fraction of sp³-hybridized carbons (Fsp3) is 0.158. The van der Waals surface area contributed by atoms with E-state index in [-0.39, 0.29) is 11.1 Å². The molecule has 2 aromatic carbocycles. The first-order valence-corrected chi connectivity index (χ1v) is 8.35. The normalized spacial score (nSPS) is 16.1. The maximum absolute atomic E-state index is 14.5. The third-order valence-electron chi connectivity index (χ3n) is 3.61. The summed E-state index contributed by atoms with van der Waals surface area (Å²) in [5.41, 5.74) is 0.857. The number of rotatable bonds is 2. The molecule has 1 aliphatic heterocycles. The van der Waals surface area contributed by atoms with E-state index in [1.807, 2.05) is 0 Å². The number of carbonyl (C=O) groups is 2. The molecule has 7 heteroatoms. The zero-order chi connectivity index (χ0) is 19.1. The highest BCUT2D eigenvalue weighted by molar-refractivity contribution is 6.35. The summed E-state index contributed by atoms with van der Waals surface area (Å²) in [7, 11) is 0. The van der Waals surface area contributed by atoms with Crippen LogP contribution in [0.15, 0.2) is 42.0 Å². The molecule has 26 heavy (non-hydrogen) atoms. The van der Waals surface area contributed by atoms with Gasteiger partial charge < -0.3 is 9.47 Å². The van der Waals surface area contributed by atoms with Gasteiger partial charge in [0.05, 0.1) is 0 Å². The van der Waals surface area contributed by atoms with E-state index in [0.29, 0.717) is 21.2 Å². The number of esters is 2. The number of cyclic esters (lactones) is 2.